The Labute approximate surface area is 73.6 Å². The number of piperidine rings is 1. The molecule has 0 aromatic heterocycles. The van der Waals surface area contributed by atoms with Crippen molar-refractivity contribution in [3.8, 4) is 0 Å². The van der Waals surface area contributed by atoms with Gasteiger partial charge in [-0.05, 0) is 19.4 Å². The van der Waals surface area contributed by atoms with Crippen molar-refractivity contribution in [2.24, 2.45) is 0 Å². The molecule has 0 bridgehead atoms. The lowest BCUT2D eigenvalue weighted by atomic mass is 10.1. The van der Waals surface area contributed by atoms with E-state index in [2.05, 4.69) is 4.90 Å². The van der Waals surface area contributed by atoms with E-state index in [-0.39, 0.29) is 0 Å². The van der Waals surface area contributed by atoms with Crippen LogP contribution in [0.5, 0.6) is 0 Å². The Kier molecular flexibility index (Phi) is 2.63. The smallest absolute Gasteiger partial charge is 0.0936 e. The fourth-order valence-electron chi connectivity index (χ4n) is 1.83. The molecule has 0 aromatic carbocycles. The lowest BCUT2D eigenvalue weighted by molar-refractivity contribution is 0.0292. The summed E-state index contributed by atoms with van der Waals surface area (Å²) in [7, 11) is 1.81. The molecule has 0 N–H and O–H groups in total. The maximum atomic E-state index is 5.34. The molecule has 0 spiro atoms. The molecule has 0 aliphatic carbocycles. The van der Waals surface area contributed by atoms with Crippen LogP contribution in [-0.4, -0.2) is 50.5 Å². The van der Waals surface area contributed by atoms with Crippen LogP contribution < -0.4 is 0 Å². The monoisotopic (exact) mass is 171 g/mol. The van der Waals surface area contributed by atoms with Gasteiger partial charge in [-0.1, -0.05) is 0 Å². The van der Waals surface area contributed by atoms with E-state index in [9.17, 15) is 0 Å². The molecule has 0 amide bonds. The summed E-state index contributed by atoms with van der Waals surface area (Å²) >= 11 is 0. The highest BCUT2D eigenvalue weighted by Gasteiger charge is 2.28. The van der Waals surface area contributed by atoms with Crippen molar-refractivity contribution in [3.05, 3.63) is 0 Å². The van der Waals surface area contributed by atoms with Gasteiger partial charge in [0.2, 0.25) is 0 Å². The summed E-state index contributed by atoms with van der Waals surface area (Å²) in [5.41, 5.74) is 0. The van der Waals surface area contributed by atoms with Crippen LogP contribution in [-0.2, 0) is 9.47 Å². The van der Waals surface area contributed by atoms with Gasteiger partial charge in [0.15, 0.2) is 0 Å². The van der Waals surface area contributed by atoms with Crippen LogP contribution in [0, 0.1) is 0 Å². The summed E-state index contributed by atoms with van der Waals surface area (Å²) in [6, 6.07) is 0. The fourth-order valence-corrected chi connectivity index (χ4v) is 1.83. The quantitative estimate of drug-likeness (QED) is 0.578. The van der Waals surface area contributed by atoms with Crippen molar-refractivity contribution in [1.29, 1.82) is 0 Å². The van der Waals surface area contributed by atoms with Crippen molar-refractivity contribution in [2.75, 3.05) is 33.4 Å². The van der Waals surface area contributed by atoms with Crippen LogP contribution in [0.2, 0.25) is 0 Å². The predicted octanol–water partition coefficient (Wildman–Crippen LogP) is 0.496. The zero-order chi connectivity index (χ0) is 8.39. The maximum Gasteiger partial charge on any atom is 0.0936 e. The predicted molar refractivity (Wildman–Crippen MR) is 46.2 cm³/mol. The highest BCUT2D eigenvalue weighted by molar-refractivity contribution is 4.79. The van der Waals surface area contributed by atoms with E-state index in [4.69, 9.17) is 9.47 Å². The number of epoxide rings is 1. The number of ether oxygens (including phenoxy) is 2. The molecule has 70 valence electrons. The molecule has 2 unspecified atom stereocenters. The molecular weight excluding hydrogens is 154 g/mol. The van der Waals surface area contributed by atoms with E-state index >= 15 is 0 Å². The average molecular weight is 171 g/mol. The molecule has 0 aromatic rings. The molecule has 2 fully saturated rings. The Morgan fingerprint density at radius 3 is 3.08 bits per heavy atom. The first-order valence-corrected chi connectivity index (χ1v) is 4.75. The van der Waals surface area contributed by atoms with Crippen LogP contribution >= 0.6 is 0 Å². The normalized spacial score (nSPS) is 36.8. The van der Waals surface area contributed by atoms with Crippen molar-refractivity contribution in [3.63, 3.8) is 0 Å². The summed E-state index contributed by atoms with van der Waals surface area (Å²) in [5.74, 6) is 0. The van der Waals surface area contributed by atoms with Crippen LogP contribution in [0.1, 0.15) is 12.8 Å². The molecular formula is C9H17NO2. The molecule has 2 rings (SSSR count). The first kappa shape index (κ1) is 8.48. The minimum absolute atomic E-state index is 0.456. The zero-order valence-electron chi connectivity index (χ0n) is 7.66. The van der Waals surface area contributed by atoms with Crippen LogP contribution in [0.15, 0.2) is 0 Å². The third-order valence-corrected chi connectivity index (χ3v) is 2.66. The summed E-state index contributed by atoms with van der Waals surface area (Å²) in [5, 5.41) is 0. The van der Waals surface area contributed by atoms with Gasteiger partial charge in [-0.2, -0.15) is 0 Å². The van der Waals surface area contributed by atoms with E-state index in [1.165, 1.54) is 19.4 Å². The third kappa shape index (κ3) is 2.19. The van der Waals surface area contributed by atoms with Gasteiger partial charge >= 0.3 is 0 Å². The first-order valence-electron chi connectivity index (χ1n) is 4.75. The highest BCUT2D eigenvalue weighted by Crippen LogP contribution is 2.16. The lowest BCUT2D eigenvalue weighted by Gasteiger charge is -2.31. The van der Waals surface area contributed by atoms with Crippen LogP contribution in [0.25, 0.3) is 0 Å². The van der Waals surface area contributed by atoms with Gasteiger partial charge in [0.25, 0.3) is 0 Å². The molecule has 2 atom stereocenters. The van der Waals surface area contributed by atoms with Crippen LogP contribution in [0.3, 0.4) is 0 Å². The Balaban J connectivity index is 1.73. The van der Waals surface area contributed by atoms with Crippen molar-refractivity contribution < 1.29 is 9.47 Å². The van der Waals surface area contributed by atoms with Gasteiger partial charge < -0.3 is 9.47 Å². The standard InChI is InChI=1S/C9H17NO2/c1-11-8-3-2-4-10(5-8)6-9-7-12-9/h8-9H,2-7H2,1H3. The SMILES string of the molecule is COC1CCCN(CC2CO2)C1. The van der Waals surface area contributed by atoms with E-state index in [1.807, 2.05) is 7.11 Å². The Bertz CT molecular complexity index is 147. The summed E-state index contributed by atoms with van der Waals surface area (Å²) in [6.45, 7) is 4.39. The van der Waals surface area contributed by atoms with Crippen molar-refractivity contribution in [2.45, 2.75) is 25.0 Å². The molecule has 2 aliphatic heterocycles. The van der Waals surface area contributed by atoms with E-state index < -0.39 is 0 Å². The van der Waals surface area contributed by atoms with Gasteiger partial charge in [-0.3, -0.25) is 4.90 Å². The van der Waals surface area contributed by atoms with Gasteiger partial charge in [0, 0.05) is 20.2 Å². The minimum Gasteiger partial charge on any atom is -0.380 e. The summed E-state index contributed by atoms with van der Waals surface area (Å²) < 4.78 is 10.5. The van der Waals surface area contributed by atoms with E-state index in [0.29, 0.717) is 12.2 Å². The Morgan fingerprint density at radius 1 is 1.58 bits per heavy atom. The van der Waals surface area contributed by atoms with Crippen molar-refractivity contribution in [1.82, 2.24) is 4.90 Å². The topological polar surface area (TPSA) is 25.0 Å². The number of likely N-dealkylation sites (tertiary alicyclic amines) is 1. The zero-order valence-corrected chi connectivity index (χ0v) is 7.66. The van der Waals surface area contributed by atoms with Gasteiger partial charge in [0.1, 0.15) is 0 Å². The molecule has 3 nitrogen and oxygen atoms in total. The highest BCUT2D eigenvalue weighted by atomic mass is 16.6. The molecule has 0 saturated carbocycles. The molecule has 12 heavy (non-hydrogen) atoms. The molecule has 2 aliphatic rings. The van der Waals surface area contributed by atoms with E-state index in [0.717, 1.165) is 19.7 Å². The molecule has 2 saturated heterocycles. The minimum atomic E-state index is 0.456. The summed E-state index contributed by atoms with van der Waals surface area (Å²) in [4.78, 5) is 2.45. The number of nitrogens with zero attached hydrogens (tertiary/aromatic N) is 1. The summed E-state index contributed by atoms with van der Waals surface area (Å²) in [6.07, 6.45) is 3.47. The first-order chi connectivity index (χ1) is 5.88. The second kappa shape index (κ2) is 3.73. The number of hydrogen-bond donors (Lipinski definition) is 0. The number of rotatable bonds is 3. The van der Waals surface area contributed by atoms with Crippen LogP contribution in [0.4, 0.5) is 0 Å². The van der Waals surface area contributed by atoms with Crippen molar-refractivity contribution >= 4 is 0 Å². The maximum absolute atomic E-state index is 5.34. The molecule has 3 heteroatoms. The third-order valence-electron chi connectivity index (χ3n) is 2.66. The largest absolute Gasteiger partial charge is 0.380 e. The van der Waals surface area contributed by atoms with Gasteiger partial charge in [-0.25, -0.2) is 0 Å². The Morgan fingerprint density at radius 2 is 2.42 bits per heavy atom. The second-order valence-electron chi connectivity index (χ2n) is 3.71. The molecule has 2 heterocycles. The second-order valence-corrected chi connectivity index (χ2v) is 3.71. The number of hydrogen-bond acceptors (Lipinski definition) is 3. The number of methoxy groups -OCH3 is 1. The molecule has 0 radical (unpaired) electrons. The Hall–Kier alpha value is -0.120. The average Bonchev–Trinajstić information content (AvgIpc) is 2.89. The van der Waals surface area contributed by atoms with E-state index in [1.54, 1.807) is 0 Å². The lowest BCUT2D eigenvalue weighted by Crippen LogP contribution is -2.41. The van der Waals surface area contributed by atoms with Gasteiger partial charge in [0.05, 0.1) is 18.8 Å². The fraction of sp³-hybridized carbons (Fsp3) is 1.00. The van der Waals surface area contributed by atoms with Gasteiger partial charge in [-0.15, -0.1) is 0 Å².